The number of para-hydroxylation sites is 1. The van der Waals surface area contributed by atoms with E-state index in [1.54, 1.807) is 11.1 Å². The Labute approximate surface area is 137 Å². The molecule has 0 spiro atoms. The summed E-state index contributed by atoms with van der Waals surface area (Å²) in [4.78, 5) is 19.1. The molecule has 1 amide bonds. The molecule has 5 heteroatoms. The van der Waals surface area contributed by atoms with Gasteiger partial charge in [0, 0.05) is 22.3 Å². The van der Waals surface area contributed by atoms with Crippen LogP contribution in [0.25, 0.3) is 0 Å². The summed E-state index contributed by atoms with van der Waals surface area (Å²) in [5.41, 5.74) is 3.08. The van der Waals surface area contributed by atoms with E-state index >= 15 is 0 Å². The van der Waals surface area contributed by atoms with Gasteiger partial charge in [-0.15, -0.1) is 0 Å². The number of rotatable bonds is 4. The van der Waals surface area contributed by atoms with Gasteiger partial charge >= 0.3 is 0 Å². The number of fused-ring (bicyclic) bond motifs is 1. The highest BCUT2D eigenvalue weighted by molar-refractivity contribution is 9.10. The molecule has 0 aromatic heterocycles. The number of hydrogen-bond acceptors (Lipinski definition) is 3. The van der Waals surface area contributed by atoms with Crippen molar-refractivity contribution < 1.29 is 9.63 Å². The van der Waals surface area contributed by atoms with Crippen LogP contribution in [-0.4, -0.2) is 25.3 Å². The Hall–Kier alpha value is -2.14. The summed E-state index contributed by atoms with van der Waals surface area (Å²) >= 11 is 3.43. The van der Waals surface area contributed by atoms with Gasteiger partial charge in [0.2, 0.25) is 0 Å². The number of halogens is 1. The van der Waals surface area contributed by atoms with Crippen molar-refractivity contribution in [1.82, 2.24) is 0 Å². The maximum atomic E-state index is 12.2. The van der Waals surface area contributed by atoms with E-state index in [-0.39, 0.29) is 12.5 Å². The van der Waals surface area contributed by atoms with Crippen molar-refractivity contribution in [3.63, 3.8) is 0 Å². The highest BCUT2D eigenvalue weighted by Gasteiger charge is 2.24. The first kappa shape index (κ1) is 14.8. The van der Waals surface area contributed by atoms with E-state index in [1.807, 2.05) is 42.5 Å². The predicted molar refractivity (Wildman–Crippen MR) is 90.2 cm³/mol. The average molecular weight is 359 g/mol. The molecule has 0 fully saturated rings. The molecule has 0 unspecified atom stereocenters. The van der Waals surface area contributed by atoms with Crippen LogP contribution in [-0.2, 0) is 16.1 Å². The van der Waals surface area contributed by atoms with Crippen LogP contribution in [0, 0.1) is 0 Å². The van der Waals surface area contributed by atoms with Gasteiger partial charge in [-0.2, -0.15) is 0 Å². The third kappa shape index (κ3) is 3.20. The summed E-state index contributed by atoms with van der Waals surface area (Å²) in [5, 5.41) is 3.87. The van der Waals surface area contributed by atoms with Crippen molar-refractivity contribution in [1.29, 1.82) is 0 Å². The molecular weight excluding hydrogens is 344 g/mol. The minimum Gasteiger partial charge on any atom is -0.386 e. The van der Waals surface area contributed by atoms with E-state index in [1.165, 1.54) is 5.56 Å². The van der Waals surface area contributed by atoms with Crippen LogP contribution in [0.3, 0.4) is 0 Å². The Balaban J connectivity index is 1.57. The van der Waals surface area contributed by atoms with Crippen molar-refractivity contribution >= 4 is 33.7 Å². The first-order valence-corrected chi connectivity index (χ1v) is 7.83. The lowest BCUT2D eigenvalue weighted by atomic mass is 10.2. The Morgan fingerprint density at radius 2 is 2.00 bits per heavy atom. The molecule has 1 aliphatic heterocycles. The molecular formula is C17H15BrN2O2. The number of benzene rings is 2. The monoisotopic (exact) mass is 358 g/mol. The van der Waals surface area contributed by atoms with Crippen LogP contribution >= 0.6 is 15.9 Å². The minimum atomic E-state index is -0.0748. The zero-order valence-electron chi connectivity index (χ0n) is 11.9. The zero-order chi connectivity index (χ0) is 15.4. The summed E-state index contributed by atoms with van der Waals surface area (Å²) in [6.45, 7) is 0.644. The minimum absolute atomic E-state index is 0.0602. The molecule has 1 heterocycles. The van der Waals surface area contributed by atoms with Gasteiger partial charge < -0.3 is 9.74 Å². The number of carbonyl (C=O) groups excluding carboxylic acids is 1. The van der Waals surface area contributed by atoms with Crippen molar-refractivity contribution in [2.75, 3.05) is 18.1 Å². The van der Waals surface area contributed by atoms with Crippen LogP contribution in [0.5, 0.6) is 0 Å². The van der Waals surface area contributed by atoms with Gasteiger partial charge in [0.1, 0.15) is 0 Å². The van der Waals surface area contributed by atoms with E-state index in [9.17, 15) is 4.79 Å². The fourth-order valence-electron chi connectivity index (χ4n) is 2.44. The molecule has 2 aromatic rings. The fraction of sp³-hybridized carbons (Fsp3) is 0.176. The van der Waals surface area contributed by atoms with Gasteiger partial charge in [-0.3, -0.25) is 4.79 Å². The Bertz CT molecular complexity index is 715. The Morgan fingerprint density at radius 1 is 1.23 bits per heavy atom. The van der Waals surface area contributed by atoms with Crippen molar-refractivity contribution in [3.05, 3.63) is 64.1 Å². The van der Waals surface area contributed by atoms with Crippen molar-refractivity contribution in [2.45, 2.75) is 6.42 Å². The molecule has 0 aliphatic carbocycles. The standard InChI is InChI=1S/C17H15BrN2O2/c18-15-7-3-1-6-14(15)11-19-22-12-17(21)20-10-9-13-5-2-4-8-16(13)20/h1-8,11H,9-10,12H2/b19-11-. The van der Waals surface area contributed by atoms with Crippen LogP contribution in [0.1, 0.15) is 11.1 Å². The fourth-order valence-corrected chi connectivity index (χ4v) is 2.83. The number of anilines is 1. The Kier molecular flexibility index (Phi) is 4.53. The quantitative estimate of drug-likeness (QED) is 0.620. The second-order valence-electron chi connectivity index (χ2n) is 4.95. The largest absolute Gasteiger partial charge is 0.386 e. The second-order valence-corrected chi connectivity index (χ2v) is 5.81. The summed E-state index contributed by atoms with van der Waals surface area (Å²) in [6.07, 6.45) is 2.48. The van der Waals surface area contributed by atoms with E-state index in [0.717, 1.165) is 22.1 Å². The van der Waals surface area contributed by atoms with Crippen LogP contribution in [0.4, 0.5) is 5.69 Å². The van der Waals surface area contributed by atoms with Gasteiger partial charge in [0.25, 0.3) is 5.91 Å². The molecule has 0 radical (unpaired) electrons. The van der Waals surface area contributed by atoms with Gasteiger partial charge in [-0.25, -0.2) is 0 Å². The van der Waals surface area contributed by atoms with Crippen LogP contribution in [0.2, 0.25) is 0 Å². The lowest BCUT2D eigenvalue weighted by molar-refractivity contribution is -0.122. The summed E-state index contributed by atoms with van der Waals surface area (Å²) in [7, 11) is 0. The molecule has 112 valence electrons. The van der Waals surface area contributed by atoms with E-state index in [2.05, 4.69) is 27.2 Å². The van der Waals surface area contributed by atoms with E-state index in [0.29, 0.717) is 6.54 Å². The van der Waals surface area contributed by atoms with Gasteiger partial charge in [0.05, 0.1) is 6.21 Å². The lowest BCUT2D eigenvalue weighted by Gasteiger charge is -2.16. The molecule has 0 N–H and O–H groups in total. The molecule has 0 saturated heterocycles. The maximum absolute atomic E-state index is 12.2. The molecule has 0 saturated carbocycles. The molecule has 3 rings (SSSR count). The number of nitrogens with zero attached hydrogens (tertiary/aromatic N) is 2. The van der Waals surface area contributed by atoms with Gasteiger partial charge in [-0.1, -0.05) is 57.5 Å². The first-order chi connectivity index (χ1) is 10.8. The molecule has 4 nitrogen and oxygen atoms in total. The molecule has 1 aliphatic rings. The molecule has 0 atom stereocenters. The second kappa shape index (κ2) is 6.75. The van der Waals surface area contributed by atoms with Gasteiger partial charge in [-0.05, 0) is 24.1 Å². The van der Waals surface area contributed by atoms with Crippen LogP contribution in [0.15, 0.2) is 58.2 Å². The van der Waals surface area contributed by atoms with Gasteiger partial charge in [0.15, 0.2) is 6.61 Å². The van der Waals surface area contributed by atoms with Crippen molar-refractivity contribution in [2.24, 2.45) is 5.16 Å². The molecule has 2 aromatic carbocycles. The maximum Gasteiger partial charge on any atom is 0.267 e. The predicted octanol–water partition coefficient (Wildman–Crippen LogP) is 3.39. The lowest BCUT2D eigenvalue weighted by Crippen LogP contribution is -2.31. The average Bonchev–Trinajstić information content (AvgIpc) is 2.97. The highest BCUT2D eigenvalue weighted by atomic mass is 79.9. The molecule has 22 heavy (non-hydrogen) atoms. The first-order valence-electron chi connectivity index (χ1n) is 7.04. The number of oxime groups is 1. The normalized spacial score (nSPS) is 13.4. The summed E-state index contributed by atoms with van der Waals surface area (Å²) in [6, 6.07) is 15.6. The third-order valence-corrected chi connectivity index (χ3v) is 4.27. The number of carbonyl (C=O) groups is 1. The Morgan fingerprint density at radius 3 is 2.86 bits per heavy atom. The summed E-state index contributed by atoms with van der Waals surface area (Å²) < 4.78 is 0.933. The smallest absolute Gasteiger partial charge is 0.267 e. The number of hydrogen-bond donors (Lipinski definition) is 0. The zero-order valence-corrected chi connectivity index (χ0v) is 13.5. The van der Waals surface area contributed by atoms with E-state index < -0.39 is 0 Å². The van der Waals surface area contributed by atoms with Crippen molar-refractivity contribution in [3.8, 4) is 0 Å². The highest BCUT2D eigenvalue weighted by Crippen LogP contribution is 2.27. The van der Waals surface area contributed by atoms with E-state index in [4.69, 9.17) is 4.84 Å². The summed E-state index contributed by atoms with van der Waals surface area (Å²) in [5.74, 6) is -0.0748. The van der Waals surface area contributed by atoms with Crippen LogP contribution < -0.4 is 4.90 Å². The SMILES string of the molecule is O=C(CO/N=C\c1ccccc1Br)N1CCc2ccccc21. The number of amides is 1. The third-order valence-electron chi connectivity index (χ3n) is 3.55. The molecule has 0 bridgehead atoms. The topological polar surface area (TPSA) is 41.9 Å².